The van der Waals surface area contributed by atoms with Gasteiger partial charge in [0.25, 0.3) is 5.91 Å². The van der Waals surface area contributed by atoms with Gasteiger partial charge >= 0.3 is 5.63 Å². The SMILES string of the molecule is O=C(N/C(=C/c1ccccc1)c1nc2ccccc2c(=O)o1)c1ccccc1. The molecule has 0 aliphatic heterocycles. The molecule has 0 saturated carbocycles. The molecule has 0 unspecified atom stereocenters. The number of benzene rings is 3. The zero-order valence-corrected chi connectivity index (χ0v) is 14.8. The predicted molar refractivity (Wildman–Crippen MR) is 109 cm³/mol. The van der Waals surface area contributed by atoms with Gasteiger partial charge in [0.05, 0.1) is 10.9 Å². The zero-order chi connectivity index (χ0) is 19.3. The maximum Gasteiger partial charge on any atom is 0.347 e. The summed E-state index contributed by atoms with van der Waals surface area (Å²) in [5.41, 5.74) is 1.63. The van der Waals surface area contributed by atoms with E-state index in [0.29, 0.717) is 22.2 Å². The van der Waals surface area contributed by atoms with Crippen LogP contribution in [0.5, 0.6) is 0 Å². The number of fused-ring (bicyclic) bond motifs is 1. The summed E-state index contributed by atoms with van der Waals surface area (Å²) in [7, 11) is 0. The number of aromatic nitrogens is 1. The van der Waals surface area contributed by atoms with Crippen LogP contribution in [0, 0.1) is 0 Å². The summed E-state index contributed by atoms with van der Waals surface area (Å²) in [6.07, 6.45) is 1.72. The Labute approximate surface area is 161 Å². The van der Waals surface area contributed by atoms with Crippen LogP contribution in [0.4, 0.5) is 0 Å². The van der Waals surface area contributed by atoms with E-state index in [-0.39, 0.29) is 11.8 Å². The molecule has 136 valence electrons. The average Bonchev–Trinajstić information content (AvgIpc) is 2.74. The molecule has 28 heavy (non-hydrogen) atoms. The third kappa shape index (κ3) is 3.73. The molecule has 0 spiro atoms. The topological polar surface area (TPSA) is 72.2 Å². The Bertz CT molecular complexity index is 1210. The van der Waals surface area contributed by atoms with Crippen LogP contribution in [0.3, 0.4) is 0 Å². The van der Waals surface area contributed by atoms with Gasteiger partial charge in [-0.25, -0.2) is 9.78 Å². The maximum atomic E-state index is 12.7. The van der Waals surface area contributed by atoms with Crippen molar-refractivity contribution in [3.63, 3.8) is 0 Å². The van der Waals surface area contributed by atoms with E-state index in [4.69, 9.17) is 4.42 Å². The molecular weight excluding hydrogens is 352 g/mol. The summed E-state index contributed by atoms with van der Waals surface area (Å²) in [5, 5.41) is 3.21. The van der Waals surface area contributed by atoms with E-state index in [9.17, 15) is 9.59 Å². The Morgan fingerprint density at radius 1 is 0.857 bits per heavy atom. The van der Waals surface area contributed by atoms with Gasteiger partial charge in [0.1, 0.15) is 5.70 Å². The van der Waals surface area contributed by atoms with Gasteiger partial charge < -0.3 is 9.73 Å². The minimum Gasteiger partial charge on any atom is -0.401 e. The fraction of sp³-hybridized carbons (Fsp3) is 0. The molecule has 1 heterocycles. The molecule has 0 atom stereocenters. The molecule has 4 aromatic rings. The maximum absolute atomic E-state index is 12.7. The summed E-state index contributed by atoms with van der Waals surface area (Å²) in [5.74, 6) is -0.266. The fourth-order valence-corrected chi connectivity index (χ4v) is 2.79. The highest BCUT2D eigenvalue weighted by molar-refractivity contribution is 6.01. The lowest BCUT2D eigenvalue weighted by molar-refractivity contribution is 0.0973. The first-order chi connectivity index (χ1) is 13.7. The van der Waals surface area contributed by atoms with Gasteiger partial charge in [0, 0.05) is 5.56 Å². The van der Waals surface area contributed by atoms with Gasteiger partial charge in [-0.15, -0.1) is 0 Å². The molecule has 1 amide bonds. The van der Waals surface area contributed by atoms with Crippen molar-refractivity contribution in [2.24, 2.45) is 0 Å². The molecule has 0 aliphatic rings. The minimum absolute atomic E-state index is 0.0526. The number of amides is 1. The van der Waals surface area contributed by atoms with Gasteiger partial charge in [0.2, 0.25) is 5.89 Å². The minimum atomic E-state index is -0.506. The van der Waals surface area contributed by atoms with Crippen molar-refractivity contribution in [2.45, 2.75) is 0 Å². The van der Waals surface area contributed by atoms with Crippen LogP contribution < -0.4 is 10.9 Å². The molecule has 4 rings (SSSR count). The van der Waals surface area contributed by atoms with Gasteiger partial charge in [-0.1, -0.05) is 60.7 Å². The first-order valence-electron chi connectivity index (χ1n) is 8.74. The molecule has 1 N–H and O–H groups in total. The lowest BCUT2D eigenvalue weighted by Gasteiger charge is -2.09. The van der Waals surface area contributed by atoms with E-state index >= 15 is 0 Å². The summed E-state index contributed by atoms with van der Waals surface area (Å²) in [6.45, 7) is 0. The van der Waals surface area contributed by atoms with Crippen LogP contribution in [0.25, 0.3) is 22.7 Å². The van der Waals surface area contributed by atoms with Crippen molar-refractivity contribution in [1.82, 2.24) is 10.3 Å². The highest BCUT2D eigenvalue weighted by Gasteiger charge is 2.15. The highest BCUT2D eigenvalue weighted by Crippen LogP contribution is 2.17. The number of hydrogen-bond acceptors (Lipinski definition) is 4. The van der Waals surface area contributed by atoms with Crippen molar-refractivity contribution in [3.8, 4) is 0 Å². The van der Waals surface area contributed by atoms with E-state index in [0.717, 1.165) is 5.56 Å². The van der Waals surface area contributed by atoms with Crippen LogP contribution in [0.2, 0.25) is 0 Å². The van der Waals surface area contributed by atoms with Crippen LogP contribution in [-0.4, -0.2) is 10.9 Å². The summed E-state index contributed by atoms with van der Waals surface area (Å²) in [6, 6.07) is 25.2. The summed E-state index contributed by atoms with van der Waals surface area (Å²) in [4.78, 5) is 29.5. The first kappa shape index (κ1) is 17.4. The van der Waals surface area contributed by atoms with Gasteiger partial charge in [0.15, 0.2) is 0 Å². The predicted octanol–water partition coefficient (Wildman–Crippen LogP) is 4.12. The number of rotatable bonds is 4. The fourth-order valence-electron chi connectivity index (χ4n) is 2.79. The molecule has 5 heteroatoms. The Morgan fingerprint density at radius 2 is 1.50 bits per heavy atom. The van der Waals surface area contributed by atoms with E-state index < -0.39 is 5.63 Å². The standard InChI is InChI=1S/C23H16N2O3/c26-21(17-11-5-2-6-12-17)24-20(15-16-9-3-1-4-10-16)22-25-19-14-8-7-13-18(19)23(27)28-22/h1-15H,(H,24,26)/b20-15+. The van der Waals surface area contributed by atoms with Gasteiger partial charge in [-0.2, -0.15) is 0 Å². The van der Waals surface area contributed by atoms with E-state index in [1.807, 2.05) is 36.4 Å². The third-order valence-electron chi connectivity index (χ3n) is 4.16. The molecule has 3 aromatic carbocycles. The Balaban J connectivity index is 1.80. The van der Waals surface area contributed by atoms with E-state index in [2.05, 4.69) is 10.3 Å². The van der Waals surface area contributed by atoms with Crippen molar-refractivity contribution in [3.05, 3.63) is 112 Å². The van der Waals surface area contributed by atoms with E-state index in [1.165, 1.54) is 0 Å². The molecule has 0 radical (unpaired) electrons. The van der Waals surface area contributed by atoms with Crippen molar-refractivity contribution in [1.29, 1.82) is 0 Å². The second-order valence-electron chi connectivity index (χ2n) is 6.11. The summed E-state index contributed by atoms with van der Waals surface area (Å²) < 4.78 is 5.41. The van der Waals surface area contributed by atoms with Crippen molar-refractivity contribution < 1.29 is 9.21 Å². The summed E-state index contributed by atoms with van der Waals surface area (Å²) >= 11 is 0. The highest BCUT2D eigenvalue weighted by atomic mass is 16.4. The van der Waals surface area contributed by atoms with Gasteiger partial charge in [-0.05, 0) is 35.9 Å². The van der Waals surface area contributed by atoms with Crippen molar-refractivity contribution >= 4 is 28.6 Å². The smallest absolute Gasteiger partial charge is 0.347 e. The number of carbonyl (C=O) groups excluding carboxylic acids is 1. The third-order valence-corrected chi connectivity index (χ3v) is 4.16. The van der Waals surface area contributed by atoms with Crippen molar-refractivity contribution in [2.75, 3.05) is 0 Å². The number of para-hydroxylation sites is 1. The molecular formula is C23H16N2O3. The second-order valence-corrected chi connectivity index (χ2v) is 6.11. The first-order valence-corrected chi connectivity index (χ1v) is 8.74. The quantitative estimate of drug-likeness (QED) is 0.588. The number of carbonyl (C=O) groups is 1. The zero-order valence-electron chi connectivity index (χ0n) is 14.8. The molecule has 0 fully saturated rings. The van der Waals surface area contributed by atoms with E-state index in [1.54, 1.807) is 54.6 Å². The lowest BCUT2D eigenvalue weighted by atomic mass is 10.1. The van der Waals surface area contributed by atoms with Crippen LogP contribution >= 0.6 is 0 Å². The van der Waals surface area contributed by atoms with Gasteiger partial charge in [-0.3, -0.25) is 4.79 Å². The largest absolute Gasteiger partial charge is 0.401 e. The number of nitrogens with zero attached hydrogens (tertiary/aromatic N) is 1. The number of hydrogen-bond donors (Lipinski definition) is 1. The Hall–Kier alpha value is -3.99. The average molecular weight is 368 g/mol. The molecule has 0 saturated heterocycles. The molecule has 1 aromatic heterocycles. The van der Waals surface area contributed by atoms with Crippen LogP contribution in [0.15, 0.2) is 94.1 Å². The van der Waals surface area contributed by atoms with Crippen LogP contribution in [0.1, 0.15) is 21.8 Å². The normalized spacial score (nSPS) is 11.4. The monoisotopic (exact) mass is 368 g/mol. The molecule has 5 nitrogen and oxygen atoms in total. The Morgan fingerprint density at radius 3 is 2.25 bits per heavy atom. The lowest BCUT2D eigenvalue weighted by Crippen LogP contribution is -2.23. The van der Waals surface area contributed by atoms with Crippen LogP contribution in [-0.2, 0) is 0 Å². The Kier molecular flexibility index (Phi) is 4.80. The second kappa shape index (κ2) is 7.72. The number of nitrogens with one attached hydrogen (secondary N) is 1. The molecule has 0 aliphatic carbocycles. The molecule has 0 bridgehead atoms.